The molecule has 0 heterocycles. The van der Waals surface area contributed by atoms with E-state index in [9.17, 15) is 9.32 Å². The molecule has 88 valence electrons. The molecule has 3 nitrogen and oxygen atoms in total. The quantitative estimate of drug-likeness (QED) is 0.832. The molecule has 1 unspecified atom stereocenters. The molecule has 0 bridgehead atoms. The highest BCUT2D eigenvalue weighted by atomic mass is 32.2. The first-order valence-electron chi connectivity index (χ1n) is 5.03. The summed E-state index contributed by atoms with van der Waals surface area (Å²) in [7, 11) is 0.323. The third-order valence-electron chi connectivity index (χ3n) is 2.31. The third-order valence-corrected chi connectivity index (χ3v) is 3.71. The maximum atomic E-state index is 12.1. The monoisotopic (exact) mass is 247 g/mol. The first-order chi connectivity index (χ1) is 8.20. The number of rotatable bonds is 3. The second-order valence-electron chi connectivity index (χ2n) is 3.42. The molecule has 0 aliphatic carbocycles. The average Bonchev–Trinajstić information content (AvgIpc) is 2.39. The summed E-state index contributed by atoms with van der Waals surface area (Å²) in [6.45, 7) is 0. The first kappa shape index (κ1) is 11.7. The van der Waals surface area contributed by atoms with E-state index in [1.807, 2.05) is 0 Å². The minimum absolute atomic E-state index is 0.0829. The van der Waals surface area contributed by atoms with Crippen molar-refractivity contribution in [2.75, 3.05) is 7.11 Å². The van der Waals surface area contributed by atoms with Crippen LogP contribution in [0.4, 0.5) is 0 Å². The fourth-order valence-corrected chi connectivity index (χ4v) is 2.44. The van der Waals surface area contributed by atoms with E-state index in [2.05, 4.69) is 0 Å². The molecular formula is C13H11O3S-. The van der Waals surface area contributed by atoms with Crippen molar-refractivity contribution in [1.29, 1.82) is 0 Å². The molecule has 0 saturated heterocycles. The van der Waals surface area contributed by atoms with Crippen molar-refractivity contribution in [1.82, 2.24) is 0 Å². The van der Waals surface area contributed by atoms with Crippen LogP contribution in [0.2, 0.25) is 0 Å². The van der Waals surface area contributed by atoms with Crippen molar-refractivity contribution in [3.63, 3.8) is 0 Å². The molecule has 0 aliphatic heterocycles. The van der Waals surface area contributed by atoms with Gasteiger partial charge in [-0.25, -0.2) is 4.21 Å². The average molecular weight is 247 g/mol. The van der Waals surface area contributed by atoms with Crippen LogP contribution in [0.1, 0.15) is 0 Å². The van der Waals surface area contributed by atoms with Gasteiger partial charge in [0, 0.05) is 9.79 Å². The van der Waals surface area contributed by atoms with Crippen molar-refractivity contribution in [2.24, 2.45) is 0 Å². The summed E-state index contributed by atoms with van der Waals surface area (Å²) in [5.41, 5.74) is 0. The predicted molar refractivity (Wildman–Crippen MR) is 63.6 cm³/mol. The number of benzene rings is 2. The van der Waals surface area contributed by atoms with Crippen molar-refractivity contribution >= 4 is 10.8 Å². The lowest BCUT2D eigenvalue weighted by molar-refractivity contribution is -0.268. The molecule has 0 radical (unpaired) electrons. The molecule has 0 spiro atoms. The van der Waals surface area contributed by atoms with Crippen LogP contribution in [-0.4, -0.2) is 11.3 Å². The van der Waals surface area contributed by atoms with E-state index in [4.69, 9.17) is 4.74 Å². The molecule has 2 aromatic rings. The minimum Gasteiger partial charge on any atom is -0.872 e. The largest absolute Gasteiger partial charge is 0.872 e. The van der Waals surface area contributed by atoms with Crippen molar-refractivity contribution in [3.05, 3.63) is 48.5 Å². The molecule has 4 heteroatoms. The van der Waals surface area contributed by atoms with Crippen molar-refractivity contribution < 1.29 is 14.1 Å². The summed E-state index contributed by atoms with van der Waals surface area (Å²) >= 11 is 0. The van der Waals surface area contributed by atoms with Gasteiger partial charge in [-0.2, -0.15) is 0 Å². The van der Waals surface area contributed by atoms with Crippen LogP contribution in [0.5, 0.6) is 11.5 Å². The normalized spacial score (nSPS) is 12.1. The van der Waals surface area contributed by atoms with Gasteiger partial charge in [0.25, 0.3) is 0 Å². The molecule has 2 aromatic carbocycles. The predicted octanol–water partition coefficient (Wildman–Crippen LogP) is 1.94. The summed E-state index contributed by atoms with van der Waals surface area (Å²) in [4.78, 5) is 1.30. The third kappa shape index (κ3) is 2.65. The van der Waals surface area contributed by atoms with Crippen molar-refractivity contribution in [2.45, 2.75) is 9.79 Å². The fourth-order valence-electron chi connectivity index (χ4n) is 1.40. The van der Waals surface area contributed by atoms with E-state index in [0.29, 0.717) is 9.79 Å². The zero-order valence-corrected chi connectivity index (χ0v) is 10.1. The van der Waals surface area contributed by atoms with E-state index in [0.717, 1.165) is 5.75 Å². The van der Waals surface area contributed by atoms with Gasteiger partial charge >= 0.3 is 0 Å². The van der Waals surface area contributed by atoms with Gasteiger partial charge in [-0.1, -0.05) is 12.1 Å². The topological polar surface area (TPSA) is 49.4 Å². The zero-order valence-electron chi connectivity index (χ0n) is 9.25. The fraction of sp³-hybridized carbons (Fsp3) is 0.0769. The molecule has 2 rings (SSSR count). The Balaban J connectivity index is 2.27. The summed E-state index contributed by atoms with van der Waals surface area (Å²) in [6.07, 6.45) is 0. The van der Waals surface area contributed by atoms with E-state index < -0.39 is 10.8 Å². The van der Waals surface area contributed by atoms with Gasteiger partial charge in [-0.05, 0) is 36.4 Å². The smallest absolute Gasteiger partial charge is 0.118 e. The lowest BCUT2D eigenvalue weighted by Crippen LogP contribution is -1.94. The molecule has 1 atom stereocenters. The molecular weight excluding hydrogens is 236 g/mol. The highest BCUT2D eigenvalue weighted by molar-refractivity contribution is 7.85. The molecule has 0 saturated carbocycles. The molecule has 0 aliphatic rings. The van der Waals surface area contributed by atoms with Crippen molar-refractivity contribution in [3.8, 4) is 11.5 Å². The van der Waals surface area contributed by atoms with E-state index in [1.54, 1.807) is 43.5 Å². The van der Waals surface area contributed by atoms with Crippen LogP contribution in [0.25, 0.3) is 0 Å². The van der Waals surface area contributed by atoms with E-state index in [1.165, 1.54) is 12.1 Å². The summed E-state index contributed by atoms with van der Waals surface area (Å²) < 4.78 is 17.2. The Morgan fingerprint density at radius 1 is 0.941 bits per heavy atom. The molecule has 17 heavy (non-hydrogen) atoms. The Morgan fingerprint density at radius 2 is 1.41 bits per heavy atom. The van der Waals surface area contributed by atoms with Crippen LogP contribution < -0.4 is 9.84 Å². The Bertz CT molecular complexity index is 517. The summed E-state index contributed by atoms with van der Waals surface area (Å²) in [5, 5.41) is 10.9. The van der Waals surface area contributed by atoms with Gasteiger partial charge in [0.1, 0.15) is 5.75 Å². The Hall–Kier alpha value is -1.81. The van der Waals surface area contributed by atoms with Gasteiger partial charge in [0.15, 0.2) is 0 Å². The van der Waals surface area contributed by atoms with E-state index >= 15 is 0 Å². The molecule has 0 N–H and O–H groups in total. The van der Waals surface area contributed by atoms with Gasteiger partial charge in [0.05, 0.1) is 17.9 Å². The second kappa shape index (κ2) is 5.01. The standard InChI is InChI=1S/C13H12O3S/c1-16-11-4-8-13(9-5-11)17(15)12-6-2-10(14)3-7-12/h2-9,14H,1H3/p-1. The maximum absolute atomic E-state index is 12.1. The molecule has 0 amide bonds. The molecule has 0 aromatic heterocycles. The van der Waals surface area contributed by atoms with Crippen LogP contribution in [0, 0.1) is 0 Å². The number of hydrogen-bond donors (Lipinski definition) is 0. The van der Waals surface area contributed by atoms with Crippen LogP contribution in [0.15, 0.2) is 58.3 Å². The lowest BCUT2D eigenvalue weighted by Gasteiger charge is -2.07. The minimum atomic E-state index is -1.26. The highest BCUT2D eigenvalue weighted by Crippen LogP contribution is 2.20. The van der Waals surface area contributed by atoms with Crippen LogP contribution in [-0.2, 0) is 10.8 Å². The highest BCUT2D eigenvalue weighted by Gasteiger charge is 2.06. The van der Waals surface area contributed by atoms with E-state index in [-0.39, 0.29) is 5.75 Å². The zero-order chi connectivity index (χ0) is 12.3. The Morgan fingerprint density at radius 3 is 1.88 bits per heavy atom. The SMILES string of the molecule is COc1ccc(S(=O)c2ccc([O-])cc2)cc1. The Kier molecular flexibility index (Phi) is 3.44. The van der Waals surface area contributed by atoms with Crippen LogP contribution >= 0.6 is 0 Å². The first-order valence-corrected chi connectivity index (χ1v) is 6.18. The maximum Gasteiger partial charge on any atom is 0.118 e. The second-order valence-corrected chi connectivity index (χ2v) is 4.90. The summed E-state index contributed by atoms with van der Waals surface area (Å²) in [5.74, 6) is 0.640. The Labute approximate surface area is 102 Å². The van der Waals surface area contributed by atoms with Crippen LogP contribution in [0.3, 0.4) is 0 Å². The number of methoxy groups -OCH3 is 1. The lowest BCUT2D eigenvalue weighted by atomic mass is 10.3. The number of hydrogen-bond acceptors (Lipinski definition) is 3. The van der Waals surface area contributed by atoms with Gasteiger partial charge in [-0.15, -0.1) is 5.75 Å². The summed E-state index contributed by atoms with van der Waals surface area (Å²) in [6, 6.07) is 13.0. The van der Waals surface area contributed by atoms with Gasteiger partial charge < -0.3 is 9.84 Å². The van der Waals surface area contributed by atoms with Gasteiger partial charge in [-0.3, -0.25) is 0 Å². The van der Waals surface area contributed by atoms with Gasteiger partial charge in [0.2, 0.25) is 0 Å². The number of ether oxygens (including phenoxy) is 1. The molecule has 0 fully saturated rings.